The van der Waals surface area contributed by atoms with E-state index in [1.165, 1.54) is 82.6 Å². The van der Waals surface area contributed by atoms with Crippen molar-refractivity contribution in [1.82, 2.24) is 5.32 Å². The first-order valence-electron chi connectivity index (χ1n) is 11.3. The molecule has 152 valence electrons. The van der Waals surface area contributed by atoms with Crippen molar-refractivity contribution in [3.05, 3.63) is 24.8 Å². The van der Waals surface area contributed by atoms with Gasteiger partial charge in [-0.1, -0.05) is 57.3 Å². The third-order valence-corrected chi connectivity index (χ3v) is 5.95. The lowest BCUT2D eigenvalue weighted by atomic mass is 9.73. The summed E-state index contributed by atoms with van der Waals surface area (Å²) in [7, 11) is 0. The van der Waals surface area contributed by atoms with E-state index in [0.717, 1.165) is 11.8 Å². The molecule has 1 unspecified atom stereocenters. The summed E-state index contributed by atoms with van der Waals surface area (Å²) >= 11 is 0. The highest BCUT2D eigenvalue weighted by Crippen LogP contribution is 2.36. The second-order valence-corrected chi connectivity index (χ2v) is 10.2. The molecule has 1 heterocycles. The third kappa shape index (κ3) is 9.95. The SMILES string of the molecule is C=CC(CCC)CCCCCCCC(=C)CC1CC(C)(C)NC(C)(C)C1. The highest BCUT2D eigenvalue weighted by Gasteiger charge is 2.37. The number of unbranched alkanes of at least 4 members (excludes halogenated alkanes) is 4. The Morgan fingerprint density at radius 1 is 1.00 bits per heavy atom. The first kappa shape index (κ1) is 23.5. The second-order valence-electron chi connectivity index (χ2n) is 10.2. The minimum atomic E-state index is 0.258. The molecule has 1 aliphatic rings. The van der Waals surface area contributed by atoms with Crippen molar-refractivity contribution < 1.29 is 0 Å². The summed E-state index contributed by atoms with van der Waals surface area (Å²) in [6.07, 6.45) is 18.0. The van der Waals surface area contributed by atoms with Crippen LogP contribution in [-0.4, -0.2) is 11.1 Å². The van der Waals surface area contributed by atoms with E-state index in [1.54, 1.807) is 0 Å². The van der Waals surface area contributed by atoms with Gasteiger partial charge in [0.2, 0.25) is 0 Å². The number of hydrogen-bond acceptors (Lipinski definition) is 1. The first-order valence-corrected chi connectivity index (χ1v) is 11.3. The van der Waals surface area contributed by atoms with Crippen LogP contribution < -0.4 is 5.32 Å². The van der Waals surface area contributed by atoms with E-state index >= 15 is 0 Å². The lowest BCUT2D eigenvalue weighted by Crippen LogP contribution is -2.57. The average molecular weight is 362 g/mol. The minimum Gasteiger partial charge on any atom is -0.307 e. The number of nitrogens with one attached hydrogen (secondary N) is 1. The summed E-state index contributed by atoms with van der Waals surface area (Å²) in [5.41, 5.74) is 2.00. The molecule has 26 heavy (non-hydrogen) atoms. The monoisotopic (exact) mass is 361 g/mol. The molecule has 0 amide bonds. The number of piperidine rings is 1. The molecule has 0 aromatic rings. The van der Waals surface area contributed by atoms with Gasteiger partial charge in [-0.2, -0.15) is 0 Å². The van der Waals surface area contributed by atoms with E-state index in [2.05, 4.69) is 59.2 Å². The Bertz CT molecular complexity index is 402. The van der Waals surface area contributed by atoms with Crippen molar-refractivity contribution in [2.45, 2.75) is 123 Å². The van der Waals surface area contributed by atoms with Gasteiger partial charge in [0.1, 0.15) is 0 Å². The highest BCUT2D eigenvalue weighted by atomic mass is 15.0. The van der Waals surface area contributed by atoms with Gasteiger partial charge in [-0.15, -0.1) is 6.58 Å². The van der Waals surface area contributed by atoms with Gasteiger partial charge in [0.05, 0.1) is 0 Å². The topological polar surface area (TPSA) is 12.0 Å². The van der Waals surface area contributed by atoms with Crippen LogP contribution in [0.1, 0.15) is 112 Å². The van der Waals surface area contributed by atoms with Crippen LogP contribution in [0.3, 0.4) is 0 Å². The minimum absolute atomic E-state index is 0.258. The molecule has 1 nitrogen and oxygen atoms in total. The molecule has 0 bridgehead atoms. The Morgan fingerprint density at radius 3 is 2.15 bits per heavy atom. The van der Waals surface area contributed by atoms with Crippen LogP contribution in [0, 0.1) is 11.8 Å². The van der Waals surface area contributed by atoms with Crippen molar-refractivity contribution in [3.8, 4) is 0 Å². The van der Waals surface area contributed by atoms with Gasteiger partial charge in [0.25, 0.3) is 0 Å². The predicted octanol–water partition coefficient (Wildman–Crippen LogP) is 7.82. The van der Waals surface area contributed by atoms with E-state index in [4.69, 9.17) is 0 Å². The molecule has 0 aromatic heterocycles. The molecule has 1 aliphatic heterocycles. The van der Waals surface area contributed by atoms with Gasteiger partial charge in [0, 0.05) is 11.1 Å². The summed E-state index contributed by atoms with van der Waals surface area (Å²) in [6.45, 7) is 20.0. The quantitative estimate of drug-likeness (QED) is 0.260. The molecule has 1 atom stereocenters. The standard InChI is InChI=1S/C25H47N/c1-8-15-22(9-2)17-14-12-10-11-13-16-21(3)18-23-19-24(4,5)26-25(6,7)20-23/h9,22-23,26H,2-3,8,10-20H2,1,4-7H3. The van der Waals surface area contributed by atoms with Crippen LogP contribution in [0.2, 0.25) is 0 Å². The van der Waals surface area contributed by atoms with Gasteiger partial charge in [-0.25, -0.2) is 0 Å². The number of allylic oxidation sites excluding steroid dienone is 2. The molecule has 1 heteroatoms. The molecular weight excluding hydrogens is 314 g/mol. The zero-order chi connectivity index (χ0) is 19.6. The molecule has 1 rings (SSSR count). The van der Waals surface area contributed by atoms with Crippen molar-refractivity contribution in [1.29, 1.82) is 0 Å². The maximum atomic E-state index is 4.40. The van der Waals surface area contributed by atoms with Gasteiger partial charge in [0.15, 0.2) is 0 Å². The average Bonchev–Trinajstić information content (AvgIpc) is 2.49. The van der Waals surface area contributed by atoms with Gasteiger partial charge >= 0.3 is 0 Å². The fraction of sp³-hybridized carbons (Fsp3) is 0.840. The van der Waals surface area contributed by atoms with Crippen molar-refractivity contribution >= 4 is 0 Å². The van der Waals surface area contributed by atoms with E-state index in [-0.39, 0.29) is 11.1 Å². The summed E-state index contributed by atoms with van der Waals surface area (Å²) in [5.74, 6) is 1.54. The molecule has 0 saturated carbocycles. The summed E-state index contributed by atoms with van der Waals surface area (Å²) in [5, 5.41) is 3.79. The van der Waals surface area contributed by atoms with Gasteiger partial charge < -0.3 is 5.32 Å². The molecule has 1 saturated heterocycles. The Balaban J connectivity index is 2.12. The molecule has 0 radical (unpaired) electrons. The van der Waals surface area contributed by atoms with Crippen LogP contribution in [0.25, 0.3) is 0 Å². The Hall–Kier alpha value is -0.560. The van der Waals surface area contributed by atoms with Gasteiger partial charge in [-0.05, 0) is 84.5 Å². The fourth-order valence-electron chi connectivity index (χ4n) is 5.25. The summed E-state index contributed by atoms with van der Waals surface area (Å²) in [4.78, 5) is 0. The lowest BCUT2D eigenvalue weighted by Gasteiger charge is -2.46. The third-order valence-electron chi connectivity index (χ3n) is 5.95. The molecule has 0 aromatic carbocycles. The fourth-order valence-corrected chi connectivity index (χ4v) is 5.25. The summed E-state index contributed by atoms with van der Waals surface area (Å²) < 4.78 is 0. The number of hydrogen-bond donors (Lipinski definition) is 1. The maximum absolute atomic E-state index is 4.40. The van der Waals surface area contributed by atoms with Crippen LogP contribution in [0.5, 0.6) is 0 Å². The molecule has 1 N–H and O–H groups in total. The van der Waals surface area contributed by atoms with Crippen LogP contribution >= 0.6 is 0 Å². The van der Waals surface area contributed by atoms with Crippen LogP contribution in [0.4, 0.5) is 0 Å². The van der Waals surface area contributed by atoms with E-state index in [1.807, 2.05) is 0 Å². The Labute approximate surface area is 165 Å². The number of rotatable bonds is 13. The Kier molecular flexibility index (Phi) is 10.2. The van der Waals surface area contributed by atoms with Gasteiger partial charge in [-0.3, -0.25) is 0 Å². The molecule has 0 aliphatic carbocycles. The molecular formula is C25H47N. The van der Waals surface area contributed by atoms with E-state index < -0.39 is 0 Å². The smallest absolute Gasteiger partial charge is 0.0132 e. The summed E-state index contributed by atoms with van der Waals surface area (Å²) in [6, 6.07) is 0. The maximum Gasteiger partial charge on any atom is 0.0132 e. The normalized spacial score (nSPS) is 20.7. The molecule has 0 spiro atoms. The highest BCUT2D eigenvalue weighted by molar-refractivity contribution is 5.03. The Morgan fingerprint density at radius 2 is 1.58 bits per heavy atom. The first-order chi connectivity index (χ1) is 12.2. The zero-order valence-corrected chi connectivity index (χ0v) is 18.6. The van der Waals surface area contributed by atoms with E-state index in [0.29, 0.717) is 0 Å². The predicted molar refractivity (Wildman–Crippen MR) is 119 cm³/mol. The lowest BCUT2D eigenvalue weighted by molar-refractivity contribution is 0.128. The zero-order valence-electron chi connectivity index (χ0n) is 18.6. The largest absolute Gasteiger partial charge is 0.307 e. The van der Waals surface area contributed by atoms with E-state index in [9.17, 15) is 0 Å². The van der Waals surface area contributed by atoms with Crippen LogP contribution in [-0.2, 0) is 0 Å². The van der Waals surface area contributed by atoms with Crippen molar-refractivity contribution in [2.24, 2.45) is 11.8 Å². The van der Waals surface area contributed by atoms with Crippen LogP contribution in [0.15, 0.2) is 24.8 Å². The molecule has 1 fully saturated rings. The van der Waals surface area contributed by atoms with Crippen molar-refractivity contribution in [3.63, 3.8) is 0 Å². The van der Waals surface area contributed by atoms with Crippen molar-refractivity contribution in [2.75, 3.05) is 0 Å². The second kappa shape index (κ2) is 11.3.